The Morgan fingerprint density at radius 2 is 1.45 bits per heavy atom. The van der Waals surface area contributed by atoms with Gasteiger partial charge >= 0.3 is 0 Å². The van der Waals surface area contributed by atoms with Crippen molar-refractivity contribution in [3.63, 3.8) is 0 Å². The van der Waals surface area contributed by atoms with Crippen LogP contribution in [0.5, 0.6) is 0 Å². The smallest absolute Gasteiger partial charge is 0.0879 e. The lowest BCUT2D eigenvalue weighted by molar-refractivity contribution is 1.13. The molecule has 0 fully saturated rings. The zero-order valence-electron chi connectivity index (χ0n) is 13.0. The van der Waals surface area contributed by atoms with E-state index in [9.17, 15) is 0 Å². The van der Waals surface area contributed by atoms with Crippen LogP contribution in [0.2, 0.25) is 0 Å². The van der Waals surface area contributed by atoms with Gasteiger partial charge in [0, 0.05) is 30.9 Å². The molecule has 0 bridgehead atoms. The Kier molecular flexibility index (Phi) is 3.83. The summed E-state index contributed by atoms with van der Waals surface area (Å²) in [6.07, 6.45) is 0. The van der Waals surface area contributed by atoms with E-state index in [2.05, 4.69) is 26.2 Å². The summed E-state index contributed by atoms with van der Waals surface area (Å²) in [4.78, 5) is 6.57. The average molecular weight is 290 g/mol. The van der Waals surface area contributed by atoms with Gasteiger partial charge in [-0.3, -0.25) is 4.98 Å². The molecule has 0 N–H and O–H groups in total. The molecule has 0 radical (unpaired) electrons. The van der Waals surface area contributed by atoms with Gasteiger partial charge in [-0.15, -0.1) is 0 Å². The van der Waals surface area contributed by atoms with E-state index >= 15 is 0 Å². The molecule has 0 aliphatic rings. The molecule has 0 amide bonds. The Morgan fingerprint density at radius 1 is 0.818 bits per heavy atom. The van der Waals surface area contributed by atoms with Crippen LogP contribution >= 0.6 is 0 Å². The number of aryl methyl sites for hydroxylation is 1. The molecule has 0 aliphatic heterocycles. The van der Waals surface area contributed by atoms with Gasteiger partial charge in [0.25, 0.3) is 0 Å². The van der Waals surface area contributed by atoms with Crippen molar-refractivity contribution in [1.82, 2.24) is 4.98 Å². The summed E-state index contributed by atoms with van der Waals surface area (Å²) in [5.74, 6) is 0. The number of pyridine rings is 1. The molecule has 1 heterocycles. The van der Waals surface area contributed by atoms with Crippen LogP contribution in [0.25, 0.3) is 10.9 Å². The molecule has 3 rings (SSSR count). The Hall–Kier alpha value is -2.75. The van der Waals surface area contributed by atoms with Crippen molar-refractivity contribution in [2.24, 2.45) is 10.2 Å². The predicted molar refractivity (Wildman–Crippen MR) is 91.4 cm³/mol. The van der Waals surface area contributed by atoms with E-state index < -0.39 is 0 Å². The third-order valence-electron chi connectivity index (χ3n) is 3.46. The molecule has 4 heteroatoms. The monoisotopic (exact) mass is 290 g/mol. The van der Waals surface area contributed by atoms with Crippen molar-refractivity contribution in [2.75, 3.05) is 19.0 Å². The van der Waals surface area contributed by atoms with E-state index in [1.54, 1.807) is 0 Å². The van der Waals surface area contributed by atoms with Crippen molar-refractivity contribution in [2.45, 2.75) is 6.92 Å². The Bertz CT molecular complexity index is 820. The van der Waals surface area contributed by atoms with Crippen molar-refractivity contribution in [3.05, 3.63) is 60.3 Å². The van der Waals surface area contributed by atoms with Crippen molar-refractivity contribution < 1.29 is 0 Å². The van der Waals surface area contributed by atoms with E-state index in [0.717, 1.165) is 33.7 Å². The van der Waals surface area contributed by atoms with Crippen LogP contribution in [0.3, 0.4) is 0 Å². The van der Waals surface area contributed by atoms with Crippen LogP contribution in [0, 0.1) is 6.92 Å². The quantitative estimate of drug-likeness (QED) is 0.635. The summed E-state index contributed by atoms with van der Waals surface area (Å²) in [7, 11) is 4.03. The number of nitrogens with zero attached hydrogens (tertiary/aromatic N) is 4. The number of rotatable bonds is 3. The maximum absolute atomic E-state index is 4.52. The van der Waals surface area contributed by atoms with Crippen LogP contribution in [0.1, 0.15) is 5.69 Å². The normalized spacial score (nSPS) is 11.2. The van der Waals surface area contributed by atoms with Crippen LogP contribution in [-0.2, 0) is 0 Å². The second-order valence-corrected chi connectivity index (χ2v) is 5.44. The standard InChI is InChI=1S/C18H18N4/c1-13-4-5-14-6-7-16(12-18(14)19-13)21-20-15-8-10-17(11-9-15)22(2)3/h4-12H,1-3H3. The SMILES string of the molecule is Cc1ccc2ccc(N=Nc3ccc(N(C)C)cc3)cc2n1. The van der Waals surface area contributed by atoms with Crippen LogP contribution in [-0.4, -0.2) is 19.1 Å². The van der Waals surface area contributed by atoms with Crippen LogP contribution in [0.15, 0.2) is 64.8 Å². The highest BCUT2D eigenvalue weighted by atomic mass is 15.1. The fraction of sp³-hybridized carbons (Fsp3) is 0.167. The summed E-state index contributed by atoms with van der Waals surface area (Å²) in [5, 5.41) is 9.70. The van der Waals surface area contributed by atoms with Crippen LogP contribution in [0.4, 0.5) is 17.1 Å². The first-order valence-electron chi connectivity index (χ1n) is 7.18. The number of benzene rings is 2. The number of aromatic nitrogens is 1. The van der Waals surface area contributed by atoms with E-state index in [-0.39, 0.29) is 0 Å². The molecule has 0 atom stereocenters. The first kappa shape index (κ1) is 14.2. The lowest BCUT2D eigenvalue weighted by Gasteiger charge is -2.11. The number of fused-ring (bicyclic) bond motifs is 1. The first-order valence-corrected chi connectivity index (χ1v) is 7.18. The Morgan fingerprint density at radius 3 is 2.18 bits per heavy atom. The molecule has 0 saturated heterocycles. The largest absolute Gasteiger partial charge is 0.378 e. The van der Waals surface area contributed by atoms with Gasteiger partial charge in [-0.1, -0.05) is 12.1 Å². The minimum absolute atomic E-state index is 0.808. The average Bonchev–Trinajstić information content (AvgIpc) is 2.53. The van der Waals surface area contributed by atoms with E-state index in [0.29, 0.717) is 0 Å². The zero-order chi connectivity index (χ0) is 15.5. The van der Waals surface area contributed by atoms with Gasteiger partial charge in [0.15, 0.2) is 0 Å². The van der Waals surface area contributed by atoms with E-state index in [4.69, 9.17) is 0 Å². The van der Waals surface area contributed by atoms with E-state index in [1.165, 1.54) is 0 Å². The number of anilines is 1. The van der Waals surface area contributed by atoms with Gasteiger partial charge in [0.1, 0.15) is 0 Å². The summed E-state index contributed by atoms with van der Waals surface area (Å²) >= 11 is 0. The lowest BCUT2D eigenvalue weighted by Crippen LogP contribution is -2.07. The fourth-order valence-corrected chi connectivity index (χ4v) is 2.20. The topological polar surface area (TPSA) is 40.9 Å². The summed E-state index contributed by atoms with van der Waals surface area (Å²) in [6.45, 7) is 1.99. The maximum Gasteiger partial charge on any atom is 0.0879 e. The Labute approximate surface area is 130 Å². The molecular weight excluding hydrogens is 272 g/mol. The number of hydrogen-bond donors (Lipinski definition) is 0. The molecular formula is C18H18N4. The minimum Gasteiger partial charge on any atom is -0.378 e. The highest BCUT2D eigenvalue weighted by Crippen LogP contribution is 2.24. The Balaban J connectivity index is 1.85. The number of hydrogen-bond acceptors (Lipinski definition) is 4. The lowest BCUT2D eigenvalue weighted by atomic mass is 10.2. The molecule has 1 aromatic heterocycles. The van der Waals surface area contributed by atoms with Gasteiger partial charge in [0.05, 0.1) is 16.9 Å². The maximum atomic E-state index is 4.52. The van der Waals surface area contributed by atoms with Crippen LogP contribution < -0.4 is 4.90 Å². The molecule has 2 aromatic carbocycles. The second kappa shape index (κ2) is 5.93. The van der Waals surface area contributed by atoms with Crippen molar-refractivity contribution in [1.29, 1.82) is 0 Å². The van der Waals surface area contributed by atoms with Gasteiger partial charge in [-0.05, 0) is 49.4 Å². The highest BCUT2D eigenvalue weighted by molar-refractivity contribution is 5.81. The summed E-state index contributed by atoms with van der Waals surface area (Å²) < 4.78 is 0. The molecule has 4 nitrogen and oxygen atoms in total. The molecule has 0 aliphatic carbocycles. The first-order chi connectivity index (χ1) is 10.6. The molecule has 22 heavy (non-hydrogen) atoms. The van der Waals surface area contributed by atoms with Crippen molar-refractivity contribution in [3.8, 4) is 0 Å². The molecule has 0 saturated carbocycles. The molecule has 110 valence electrons. The third-order valence-corrected chi connectivity index (χ3v) is 3.46. The molecule has 0 spiro atoms. The van der Waals surface area contributed by atoms with Gasteiger partial charge in [0.2, 0.25) is 0 Å². The fourth-order valence-electron chi connectivity index (χ4n) is 2.20. The third kappa shape index (κ3) is 3.11. The highest BCUT2D eigenvalue weighted by Gasteiger charge is 1.98. The summed E-state index contributed by atoms with van der Waals surface area (Å²) in [6, 6.07) is 18.0. The zero-order valence-corrected chi connectivity index (χ0v) is 13.0. The minimum atomic E-state index is 0.808. The van der Waals surface area contributed by atoms with Gasteiger partial charge < -0.3 is 4.90 Å². The summed E-state index contributed by atoms with van der Waals surface area (Å²) in [5.41, 5.74) is 4.73. The van der Waals surface area contributed by atoms with Crippen molar-refractivity contribution >= 4 is 28.0 Å². The predicted octanol–water partition coefficient (Wildman–Crippen LogP) is 5.02. The molecule has 3 aromatic rings. The number of azo groups is 1. The molecule has 0 unspecified atom stereocenters. The second-order valence-electron chi connectivity index (χ2n) is 5.44. The van der Waals surface area contributed by atoms with Gasteiger partial charge in [-0.25, -0.2) is 0 Å². The van der Waals surface area contributed by atoms with Gasteiger partial charge in [-0.2, -0.15) is 10.2 Å². The van der Waals surface area contributed by atoms with E-state index in [1.807, 2.05) is 69.6 Å².